The minimum atomic E-state index is -4.18. The van der Waals surface area contributed by atoms with E-state index in [2.05, 4.69) is 32.4 Å². The summed E-state index contributed by atoms with van der Waals surface area (Å²) >= 11 is 0. The number of halogens is 6. The zero-order valence-corrected chi connectivity index (χ0v) is 22.8. The Morgan fingerprint density at radius 2 is 1.45 bits per heavy atom. The Hall–Kier alpha value is -5.02. The number of tetrazole rings is 1. The second kappa shape index (κ2) is 12.7. The highest BCUT2D eigenvalue weighted by Crippen LogP contribution is 2.46. The van der Waals surface area contributed by atoms with Crippen LogP contribution < -0.4 is 0 Å². The van der Waals surface area contributed by atoms with Gasteiger partial charge in [0.1, 0.15) is 23.7 Å². The summed E-state index contributed by atoms with van der Waals surface area (Å²) < 4.78 is 86.2. The van der Waals surface area contributed by atoms with Crippen LogP contribution in [0.1, 0.15) is 45.5 Å². The monoisotopic (exact) mass is 607 g/mol. The number of benzene rings is 3. The number of alkyl halides is 4. The molecule has 6 nitrogen and oxygen atoms in total. The lowest BCUT2D eigenvalue weighted by molar-refractivity contribution is -0.207. The topological polar surface area (TPSA) is 76.7 Å². The molecule has 0 radical (unpaired) electrons. The van der Waals surface area contributed by atoms with Crippen molar-refractivity contribution in [2.24, 2.45) is 0 Å². The van der Waals surface area contributed by atoms with Crippen LogP contribution in [-0.4, -0.2) is 30.3 Å². The van der Waals surface area contributed by atoms with Gasteiger partial charge in [-0.2, -0.15) is 8.78 Å². The molecule has 1 unspecified atom stereocenters. The minimum absolute atomic E-state index is 0.0157. The van der Waals surface area contributed by atoms with E-state index in [1.54, 1.807) is 24.3 Å². The van der Waals surface area contributed by atoms with Crippen molar-refractivity contribution in [3.63, 3.8) is 0 Å². The zero-order valence-electron chi connectivity index (χ0n) is 22.8. The van der Waals surface area contributed by atoms with Crippen LogP contribution in [0.4, 0.5) is 26.3 Å². The number of aliphatic hydroxyl groups is 1. The summed E-state index contributed by atoms with van der Waals surface area (Å²) in [5.41, 5.74) is -2.07. The van der Waals surface area contributed by atoms with Gasteiger partial charge in [0.05, 0.1) is 6.54 Å². The summed E-state index contributed by atoms with van der Waals surface area (Å²) in [5.74, 6) is -0.792. The Bertz CT molecular complexity index is 1770. The van der Waals surface area contributed by atoms with Crippen molar-refractivity contribution in [1.82, 2.24) is 25.2 Å². The smallest absolute Gasteiger partial charge is 0.323 e. The highest BCUT2D eigenvalue weighted by atomic mass is 19.3. The van der Waals surface area contributed by atoms with Crippen LogP contribution in [0, 0.1) is 23.5 Å². The van der Waals surface area contributed by atoms with Crippen LogP contribution in [-0.2, 0) is 30.9 Å². The van der Waals surface area contributed by atoms with E-state index >= 15 is 8.78 Å². The molecular formula is C32H23F6N5O. The van der Waals surface area contributed by atoms with Gasteiger partial charge in [-0.25, -0.2) is 22.2 Å². The van der Waals surface area contributed by atoms with Crippen molar-refractivity contribution in [2.75, 3.05) is 0 Å². The Kier molecular flexibility index (Phi) is 8.78. The predicted octanol–water partition coefficient (Wildman–Crippen LogP) is 6.15. The first kappa shape index (κ1) is 30.4. The lowest BCUT2D eigenvalue weighted by Crippen LogP contribution is -2.48. The first-order valence-electron chi connectivity index (χ1n) is 13.3. The van der Waals surface area contributed by atoms with Crippen molar-refractivity contribution >= 4 is 0 Å². The van der Waals surface area contributed by atoms with Gasteiger partial charge < -0.3 is 5.11 Å². The van der Waals surface area contributed by atoms with Crippen LogP contribution in [0.2, 0.25) is 0 Å². The SMILES string of the molecule is OC(Cn1cnnn1)(c1ccc(F)cc1F)C(F)(F)c1ccc(C#Cc2ccc(CCc3ccc(C(F)F)cc3)cc2)cn1. The van der Waals surface area contributed by atoms with E-state index in [1.165, 1.54) is 18.2 Å². The van der Waals surface area contributed by atoms with E-state index in [0.717, 1.165) is 46.5 Å². The fourth-order valence-corrected chi connectivity index (χ4v) is 4.55. The number of pyridine rings is 1. The number of aryl methyl sites for hydroxylation is 2. The molecule has 0 aliphatic rings. The molecule has 44 heavy (non-hydrogen) atoms. The molecule has 0 saturated carbocycles. The van der Waals surface area contributed by atoms with E-state index in [-0.39, 0.29) is 5.56 Å². The Morgan fingerprint density at radius 3 is 2.02 bits per heavy atom. The molecule has 0 amide bonds. The fourth-order valence-electron chi connectivity index (χ4n) is 4.55. The van der Waals surface area contributed by atoms with E-state index in [9.17, 15) is 22.7 Å². The average Bonchev–Trinajstić information content (AvgIpc) is 3.52. The van der Waals surface area contributed by atoms with Gasteiger partial charge >= 0.3 is 5.92 Å². The maximum atomic E-state index is 15.9. The molecule has 0 saturated heterocycles. The third kappa shape index (κ3) is 6.63. The molecule has 3 aromatic carbocycles. The molecule has 5 aromatic rings. The number of rotatable bonds is 9. The van der Waals surface area contributed by atoms with Gasteiger partial charge in [-0.1, -0.05) is 48.2 Å². The van der Waals surface area contributed by atoms with Crippen molar-refractivity contribution in [3.8, 4) is 11.8 Å². The highest BCUT2D eigenvalue weighted by Gasteiger charge is 2.58. The number of aromatic nitrogens is 5. The number of hydrogen-bond acceptors (Lipinski definition) is 5. The van der Waals surface area contributed by atoms with E-state index in [4.69, 9.17) is 0 Å². The summed E-state index contributed by atoms with van der Waals surface area (Å²) in [4.78, 5) is 3.80. The molecule has 0 aliphatic heterocycles. The molecule has 0 aliphatic carbocycles. The van der Waals surface area contributed by atoms with Gasteiger partial charge in [0.2, 0.25) is 0 Å². The van der Waals surface area contributed by atoms with Gasteiger partial charge in [-0.15, -0.1) is 5.10 Å². The average molecular weight is 608 g/mol. The predicted molar refractivity (Wildman–Crippen MR) is 147 cm³/mol. The molecule has 1 N–H and O–H groups in total. The normalized spacial score (nSPS) is 12.9. The van der Waals surface area contributed by atoms with Crippen LogP contribution >= 0.6 is 0 Å². The van der Waals surface area contributed by atoms with Gasteiger partial charge in [0.25, 0.3) is 6.43 Å². The minimum Gasteiger partial charge on any atom is -0.377 e. The maximum absolute atomic E-state index is 15.9. The molecule has 5 rings (SSSR count). The van der Waals surface area contributed by atoms with Crippen molar-refractivity contribution in [1.29, 1.82) is 0 Å². The Morgan fingerprint density at radius 1 is 0.818 bits per heavy atom. The van der Waals surface area contributed by atoms with Crippen LogP contribution in [0.15, 0.2) is 91.4 Å². The van der Waals surface area contributed by atoms with Crippen LogP contribution in [0.3, 0.4) is 0 Å². The van der Waals surface area contributed by atoms with E-state index < -0.39 is 47.4 Å². The molecule has 0 spiro atoms. The fraction of sp³-hybridized carbons (Fsp3) is 0.188. The van der Waals surface area contributed by atoms with E-state index in [1.807, 2.05) is 12.1 Å². The summed E-state index contributed by atoms with van der Waals surface area (Å²) in [5, 5.41) is 21.5. The van der Waals surface area contributed by atoms with Gasteiger partial charge in [-0.05, 0) is 70.8 Å². The molecule has 2 aromatic heterocycles. The first-order chi connectivity index (χ1) is 21.0. The van der Waals surface area contributed by atoms with Crippen molar-refractivity contribution in [2.45, 2.75) is 37.3 Å². The maximum Gasteiger partial charge on any atom is 0.323 e. The first-order valence-corrected chi connectivity index (χ1v) is 13.3. The third-order valence-corrected chi connectivity index (χ3v) is 7.00. The molecule has 0 bridgehead atoms. The largest absolute Gasteiger partial charge is 0.377 e. The number of hydrogen-bond donors (Lipinski definition) is 1. The Balaban J connectivity index is 1.30. The summed E-state index contributed by atoms with van der Waals surface area (Å²) in [6.45, 7) is -0.959. The quantitative estimate of drug-likeness (QED) is 0.161. The second-order valence-corrected chi connectivity index (χ2v) is 9.99. The Labute approximate surface area is 248 Å². The van der Waals surface area contributed by atoms with E-state index in [0.29, 0.717) is 30.0 Å². The summed E-state index contributed by atoms with van der Waals surface area (Å²) in [6.07, 6.45) is 0.943. The second-order valence-electron chi connectivity index (χ2n) is 9.99. The molecular weight excluding hydrogens is 584 g/mol. The molecule has 2 heterocycles. The van der Waals surface area contributed by atoms with Crippen LogP contribution in [0.5, 0.6) is 0 Å². The summed E-state index contributed by atoms with van der Waals surface area (Å²) in [6, 6.07) is 17.7. The standard InChI is InChI=1S/C32H23F6N5O/c33-26-14-15-27(28(34)17-26)31(44,19-43-20-40-41-42-43)32(37,38)29-16-11-24(18-39-29)8-7-22-3-1-21(2-4-22)5-6-23-9-12-25(13-10-23)30(35)36/h1-4,9-18,20,30,44H,5-6,19H2. The lowest BCUT2D eigenvalue weighted by atomic mass is 9.84. The molecule has 1 atom stereocenters. The molecule has 0 fully saturated rings. The number of nitrogens with zero attached hydrogens (tertiary/aromatic N) is 5. The highest BCUT2D eigenvalue weighted by molar-refractivity contribution is 5.43. The van der Waals surface area contributed by atoms with Crippen LogP contribution in [0.25, 0.3) is 0 Å². The molecule has 224 valence electrons. The molecule has 12 heteroatoms. The van der Waals surface area contributed by atoms with Gasteiger partial charge in [0, 0.05) is 34.5 Å². The third-order valence-electron chi connectivity index (χ3n) is 7.00. The van der Waals surface area contributed by atoms with Crippen molar-refractivity contribution < 1.29 is 31.4 Å². The zero-order chi connectivity index (χ0) is 31.3. The van der Waals surface area contributed by atoms with Gasteiger partial charge in [0.15, 0.2) is 5.60 Å². The van der Waals surface area contributed by atoms with Crippen molar-refractivity contribution in [3.05, 3.63) is 142 Å². The summed E-state index contributed by atoms with van der Waals surface area (Å²) in [7, 11) is 0. The van der Waals surface area contributed by atoms with Gasteiger partial charge in [-0.3, -0.25) is 4.98 Å². The lowest BCUT2D eigenvalue weighted by Gasteiger charge is -2.35.